The standard InChI is InChI=1S/C8H18O5SSi.Li.H/c1-6(2)15(4,5)8(3,7(9)10)14(11,12)13;;/h6H,1-5H3,(H,9,10)(H,11,12,13);;/q;+1;-1. The summed E-state index contributed by atoms with van der Waals surface area (Å²) in [5.74, 6) is -1.48. The first kappa shape index (κ1) is 18.6. The van der Waals surface area contributed by atoms with E-state index in [1.807, 2.05) is 0 Å². The molecule has 0 rings (SSSR count). The summed E-state index contributed by atoms with van der Waals surface area (Å²) in [4.78, 5) is 11.1. The van der Waals surface area contributed by atoms with Crippen LogP contribution in [0.3, 0.4) is 0 Å². The third kappa shape index (κ3) is 2.71. The van der Waals surface area contributed by atoms with Crippen LogP contribution in [0.15, 0.2) is 0 Å². The average Bonchev–Trinajstić information content (AvgIpc) is 1.99. The van der Waals surface area contributed by atoms with Crippen LogP contribution in [0.25, 0.3) is 0 Å². The van der Waals surface area contributed by atoms with Crippen LogP contribution in [-0.4, -0.2) is 36.5 Å². The predicted octanol–water partition coefficient (Wildman–Crippen LogP) is -1.51. The van der Waals surface area contributed by atoms with Crippen molar-refractivity contribution in [3.8, 4) is 0 Å². The van der Waals surface area contributed by atoms with Crippen LogP contribution in [0.5, 0.6) is 0 Å². The Bertz CT molecular complexity index is 370. The van der Waals surface area contributed by atoms with Gasteiger partial charge in [0.2, 0.25) is 0 Å². The molecule has 5 nitrogen and oxygen atoms in total. The summed E-state index contributed by atoms with van der Waals surface area (Å²) in [5, 5.41) is 9.05. The van der Waals surface area contributed by atoms with Gasteiger partial charge in [0.15, 0.2) is 4.37 Å². The maximum Gasteiger partial charge on any atom is 1.00 e. The third-order valence-electron chi connectivity index (χ3n) is 3.60. The Kier molecular flexibility index (Phi) is 6.07. The van der Waals surface area contributed by atoms with Crippen molar-refractivity contribution in [2.45, 2.75) is 43.8 Å². The van der Waals surface area contributed by atoms with E-state index < -0.39 is 28.5 Å². The number of carboxylic acids is 1. The van der Waals surface area contributed by atoms with Crippen LogP contribution in [-0.2, 0) is 14.9 Å². The molecule has 8 heteroatoms. The van der Waals surface area contributed by atoms with E-state index in [4.69, 9.17) is 9.66 Å². The van der Waals surface area contributed by atoms with Gasteiger partial charge in [0.25, 0.3) is 10.1 Å². The van der Waals surface area contributed by atoms with Crippen LogP contribution in [0.2, 0.25) is 18.6 Å². The number of carbonyl (C=O) groups is 1. The largest absolute Gasteiger partial charge is 1.00 e. The van der Waals surface area contributed by atoms with Crippen molar-refractivity contribution in [1.29, 1.82) is 0 Å². The molecule has 0 aromatic heterocycles. The fraction of sp³-hybridized carbons (Fsp3) is 0.875. The first-order valence-corrected chi connectivity index (χ1v) is 9.11. The zero-order chi connectivity index (χ0) is 12.7. The van der Waals surface area contributed by atoms with Gasteiger partial charge in [0, 0.05) is 0 Å². The zero-order valence-electron chi connectivity index (χ0n) is 11.6. The van der Waals surface area contributed by atoms with E-state index in [-0.39, 0.29) is 25.8 Å². The molecule has 0 radical (unpaired) electrons. The van der Waals surface area contributed by atoms with Crippen LogP contribution in [0, 0.1) is 0 Å². The van der Waals surface area contributed by atoms with Crippen molar-refractivity contribution in [3.05, 3.63) is 0 Å². The minimum Gasteiger partial charge on any atom is -1.00 e. The molecule has 0 bridgehead atoms. The molecule has 0 aliphatic heterocycles. The van der Waals surface area contributed by atoms with Gasteiger partial charge in [-0.3, -0.25) is 9.35 Å². The molecule has 92 valence electrons. The summed E-state index contributed by atoms with van der Waals surface area (Å²) in [7, 11) is -7.27. The van der Waals surface area contributed by atoms with Gasteiger partial charge in [-0.05, 0) is 12.5 Å². The van der Waals surface area contributed by atoms with Crippen LogP contribution in [0.4, 0.5) is 0 Å². The minimum absolute atomic E-state index is 0. The van der Waals surface area contributed by atoms with Crippen molar-refractivity contribution < 1.29 is 43.2 Å². The average molecular weight is 262 g/mol. The third-order valence-corrected chi connectivity index (χ3v) is 12.7. The molecule has 0 spiro atoms. The molecule has 0 aliphatic carbocycles. The summed E-state index contributed by atoms with van der Waals surface area (Å²) >= 11 is 0. The van der Waals surface area contributed by atoms with Crippen molar-refractivity contribution in [1.82, 2.24) is 0 Å². The predicted molar refractivity (Wildman–Crippen MR) is 61.3 cm³/mol. The first-order valence-electron chi connectivity index (χ1n) is 4.59. The second-order valence-electron chi connectivity index (χ2n) is 4.69. The molecule has 1 unspecified atom stereocenters. The molecule has 0 aromatic rings. The Labute approximate surface area is 111 Å². The quantitative estimate of drug-likeness (QED) is 0.475. The van der Waals surface area contributed by atoms with Gasteiger partial charge in [-0.25, -0.2) is 0 Å². The van der Waals surface area contributed by atoms with E-state index in [0.29, 0.717) is 0 Å². The summed E-state index contributed by atoms with van der Waals surface area (Å²) in [6.07, 6.45) is 0. The van der Waals surface area contributed by atoms with Gasteiger partial charge in [-0.15, -0.1) is 0 Å². The fourth-order valence-corrected chi connectivity index (χ4v) is 6.51. The molecular weight excluding hydrogens is 243 g/mol. The Morgan fingerprint density at radius 3 is 1.75 bits per heavy atom. The van der Waals surface area contributed by atoms with E-state index in [9.17, 15) is 13.2 Å². The second-order valence-corrected chi connectivity index (χ2v) is 12.4. The van der Waals surface area contributed by atoms with Crippen molar-refractivity contribution in [2.24, 2.45) is 0 Å². The van der Waals surface area contributed by atoms with E-state index in [0.717, 1.165) is 6.92 Å². The Morgan fingerprint density at radius 1 is 1.38 bits per heavy atom. The molecule has 2 N–H and O–H groups in total. The van der Waals surface area contributed by atoms with Gasteiger partial charge in [-0.2, -0.15) is 8.42 Å². The number of hydrogen-bond acceptors (Lipinski definition) is 3. The molecule has 0 saturated heterocycles. The molecule has 1 atom stereocenters. The number of aliphatic carboxylic acids is 1. The van der Waals surface area contributed by atoms with E-state index in [1.165, 1.54) is 0 Å². The summed E-state index contributed by atoms with van der Waals surface area (Å²) < 4.78 is 29.6. The maximum atomic E-state index is 11.3. The zero-order valence-corrected chi connectivity index (χ0v) is 12.4. The van der Waals surface area contributed by atoms with Crippen molar-refractivity contribution in [3.63, 3.8) is 0 Å². The topological polar surface area (TPSA) is 91.7 Å². The first-order chi connectivity index (χ1) is 6.39. The molecule has 0 heterocycles. The number of rotatable bonds is 4. The van der Waals surface area contributed by atoms with Crippen LogP contribution < -0.4 is 18.9 Å². The van der Waals surface area contributed by atoms with Gasteiger partial charge in [0.1, 0.15) is 0 Å². The molecule has 16 heavy (non-hydrogen) atoms. The van der Waals surface area contributed by atoms with Gasteiger partial charge >= 0.3 is 24.8 Å². The number of carboxylic acid groups (broad SMARTS) is 1. The van der Waals surface area contributed by atoms with Crippen molar-refractivity contribution in [2.75, 3.05) is 0 Å². The maximum absolute atomic E-state index is 11.3. The molecule has 0 aliphatic rings. The Balaban J connectivity index is -0.000000980. The van der Waals surface area contributed by atoms with E-state index in [2.05, 4.69) is 0 Å². The molecule has 0 saturated carbocycles. The van der Waals surface area contributed by atoms with Gasteiger partial charge in [-0.1, -0.05) is 26.9 Å². The molecular formula is C8H19LiO5SSi. The van der Waals surface area contributed by atoms with Gasteiger partial charge in [0.05, 0.1) is 8.07 Å². The summed E-state index contributed by atoms with van der Waals surface area (Å²) in [6, 6.07) is 0. The molecule has 0 aromatic carbocycles. The van der Waals surface area contributed by atoms with Gasteiger partial charge < -0.3 is 6.53 Å². The van der Waals surface area contributed by atoms with Crippen LogP contribution in [0.1, 0.15) is 22.2 Å². The van der Waals surface area contributed by atoms with Crippen LogP contribution >= 0.6 is 0 Å². The molecule has 0 fully saturated rings. The summed E-state index contributed by atoms with van der Waals surface area (Å²) in [6.45, 7) is 7.95. The SMILES string of the molecule is CC(C)[Si](C)(C)C(C)(C(=O)O)S(=O)(=O)O.[H-].[Li+]. The molecule has 0 amide bonds. The van der Waals surface area contributed by atoms with E-state index in [1.54, 1.807) is 26.9 Å². The van der Waals surface area contributed by atoms with Crippen molar-refractivity contribution >= 4 is 24.2 Å². The number of hydrogen-bond donors (Lipinski definition) is 2. The fourth-order valence-electron chi connectivity index (χ4n) is 1.27. The smallest absolute Gasteiger partial charge is 1.00 e. The monoisotopic (exact) mass is 262 g/mol. The second kappa shape index (κ2) is 5.23. The van der Waals surface area contributed by atoms with E-state index >= 15 is 0 Å². The normalized spacial score (nSPS) is 16.4. The Morgan fingerprint density at radius 2 is 1.69 bits per heavy atom. The Hall–Kier alpha value is 0.194. The summed E-state index contributed by atoms with van der Waals surface area (Å²) in [5.41, 5.74) is -0.0690. The minimum atomic E-state index is -4.60.